The van der Waals surface area contributed by atoms with Gasteiger partial charge in [-0.25, -0.2) is 0 Å². The van der Waals surface area contributed by atoms with E-state index in [0.717, 1.165) is 11.1 Å². The van der Waals surface area contributed by atoms with Crippen LogP contribution in [0.4, 0.5) is 0 Å². The van der Waals surface area contributed by atoms with Gasteiger partial charge in [0, 0.05) is 24.1 Å². The largest absolute Gasteiger partial charge is 0.502 e. The molecule has 0 saturated carbocycles. The van der Waals surface area contributed by atoms with E-state index in [9.17, 15) is 9.67 Å². The highest BCUT2D eigenvalue weighted by molar-refractivity contribution is 7.58. The van der Waals surface area contributed by atoms with E-state index in [4.69, 9.17) is 18.5 Å². The molecule has 0 atom stereocenters. The van der Waals surface area contributed by atoms with E-state index in [1.807, 2.05) is 33.8 Å². The Bertz CT molecular complexity index is 872. The molecule has 1 aromatic carbocycles. The molecule has 8 heteroatoms. The molecule has 30 heavy (non-hydrogen) atoms. The Morgan fingerprint density at radius 3 is 2.10 bits per heavy atom. The lowest BCUT2D eigenvalue weighted by Crippen LogP contribution is -2.10. The van der Waals surface area contributed by atoms with E-state index < -0.39 is 7.60 Å². The smallest absolute Gasteiger partial charge is 0.358 e. The molecule has 0 bridgehead atoms. The van der Waals surface area contributed by atoms with E-state index in [1.54, 1.807) is 36.7 Å². The van der Waals surface area contributed by atoms with Gasteiger partial charge < -0.3 is 23.6 Å². The molecule has 0 saturated heterocycles. The Kier molecular flexibility index (Phi) is 8.47. The molecule has 0 radical (unpaired) electrons. The monoisotopic (exact) mass is 435 g/mol. The third-order valence-electron chi connectivity index (χ3n) is 3.99. The number of aromatic nitrogens is 1. The van der Waals surface area contributed by atoms with Crippen LogP contribution in [-0.2, 0) is 20.0 Å². The van der Waals surface area contributed by atoms with Crippen molar-refractivity contribution in [2.24, 2.45) is 0 Å². The lowest BCUT2D eigenvalue weighted by molar-refractivity contribution is 0.147. The molecule has 0 amide bonds. The van der Waals surface area contributed by atoms with Gasteiger partial charge in [-0.15, -0.1) is 0 Å². The summed E-state index contributed by atoms with van der Waals surface area (Å²) < 4.78 is 36.0. The standard InChI is InChI=1S/C22H30NO6P/c1-15(2)28-30(25,29-16(3)4)19(10-17-8-7-9-23-14-17)11-18-12-20(26-5)22(24)21(13-18)27-6/h7-10,12-16,24H,11H2,1-6H3. The summed E-state index contributed by atoms with van der Waals surface area (Å²) in [4.78, 5) is 4.13. The number of phenols is 1. The average molecular weight is 435 g/mol. The van der Waals surface area contributed by atoms with Crippen LogP contribution in [0.5, 0.6) is 17.2 Å². The fourth-order valence-electron chi connectivity index (χ4n) is 2.85. The molecule has 0 aliphatic heterocycles. The molecule has 2 aromatic rings. The van der Waals surface area contributed by atoms with Gasteiger partial charge in [0.2, 0.25) is 5.75 Å². The lowest BCUT2D eigenvalue weighted by Gasteiger charge is -2.25. The molecule has 0 aliphatic carbocycles. The van der Waals surface area contributed by atoms with Crippen molar-refractivity contribution >= 4 is 13.7 Å². The zero-order chi connectivity index (χ0) is 22.3. The van der Waals surface area contributed by atoms with Crippen LogP contribution in [0.25, 0.3) is 6.08 Å². The first-order chi connectivity index (χ1) is 14.2. The summed E-state index contributed by atoms with van der Waals surface area (Å²) in [5.74, 6) is 0.422. The van der Waals surface area contributed by atoms with Gasteiger partial charge in [-0.05, 0) is 63.1 Å². The van der Waals surface area contributed by atoms with Crippen molar-refractivity contribution in [3.05, 3.63) is 53.1 Å². The first-order valence-corrected chi connectivity index (χ1v) is 11.2. The number of methoxy groups -OCH3 is 2. The number of hydrogen-bond donors (Lipinski definition) is 1. The first kappa shape index (κ1) is 23.9. The van der Waals surface area contributed by atoms with Crippen molar-refractivity contribution in [2.45, 2.75) is 46.3 Å². The molecule has 1 heterocycles. The summed E-state index contributed by atoms with van der Waals surface area (Å²) in [7, 11) is -0.727. The zero-order valence-electron chi connectivity index (χ0n) is 18.3. The quantitative estimate of drug-likeness (QED) is 0.498. The van der Waals surface area contributed by atoms with E-state index in [-0.39, 0.29) is 35.9 Å². The summed E-state index contributed by atoms with van der Waals surface area (Å²) in [5, 5.41) is 10.7. The van der Waals surface area contributed by atoms with Crippen LogP contribution in [0.3, 0.4) is 0 Å². The number of nitrogens with zero attached hydrogens (tertiary/aromatic N) is 1. The Balaban J connectivity index is 2.59. The van der Waals surface area contributed by atoms with Crippen molar-refractivity contribution < 1.29 is 28.2 Å². The zero-order valence-corrected chi connectivity index (χ0v) is 19.2. The predicted molar refractivity (Wildman–Crippen MR) is 117 cm³/mol. The molecule has 2 rings (SSSR count). The van der Waals surface area contributed by atoms with E-state index >= 15 is 0 Å². The molecule has 0 fully saturated rings. The minimum atomic E-state index is -3.64. The maximum absolute atomic E-state index is 13.9. The molecule has 0 spiro atoms. The van der Waals surface area contributed by atoms with Crippen molar-refractivity contribution in [3.8, 4) is 17.2 Å². The predicted octanol–water partition coefficient (Wildman–Crippen LogP) is 5.43. The van der Waals surface area contributed by atoms with Gasteiger partial charge in [0.1, 0.15) is 0 Å². The van der Waals surface area contributed by atoms with Crippen LogP contribution in [-0.4, -0.2) is 36.5 Å². The second kappa shape index (κ2) is 10.6. The van der Waals surface area contributed by atoms with Crippen LogP contribution >= 0.6 is 7.60 Å². The SMILES string of the molecule is COc1cc(CC(=Cc2cccnc2)P(=O)(OC(C)C)OC(C)C)cc(OC)c1O. The Morgan fingerprint density at radius 1 is 1.10 bits per heavy atom. The topological polar surface area (TPSA) is 87.1 Å². The van der Waals surface area contributed by atoms with Gasteiger partial charge >= 0.3 is 7.60 Å². The number of phenolic OH excluding ortho intramolecular Hbond substituents is 1. The van der Waals surface area contributed by atoms with Crippen molar-refractivity contribution in [1.29, 1.82) is 0 Å². The minimum absolute atomic E-state index is 0.0958. The van der Waals surface area contributed by atoms with Crippen LogP contribution in [0, 0.1) is 0 Å². The highest BCUT2D eigenvalue weighted by Crippen LogP contribution is 2.59. The number of benzene rings is 1. The second-order valence-corrected chi connectivity index (χ2v) is 9.24. The van der Waals surface area contributed by atoms with Gasteiger partial charge in [-0.1, -0.05) is 6.07 Å². The molecule has 164 valence electrons. The van der Waals surface area contributed by atoms with E-state index in [0.29, 0.717) is 5.31 Å². The van der Waals surface area contributed by atoms with Gasteiger partial charge in [0.15, 0.2) is 11.5 Å². The summed E-state index contributed by atoms with van der Waals surface area (Å²) >= 11 is 0. The molecule has 0 aliphatic rings. The van der Waals surface area contributed by atoms with E-state index in [2.05, 4.69) is 4.98 Å². The molecule has 0 unspecified atom stereocenters. The highest BCUT2D eigenvalue weighted by Gasteiger charge is 2.33. The fraction of sp³-hybridized carbons (Fsp3) is 0.409. The van der Waals surface area contributed by atoms with Crippen molar-refractivity contribution in [3.63, 3.8) is 0 Å². The molecular weight excluding hydrogens is 405 g/mol. The number of ether oxygens (including phenoxy) is 2. The number of rotatable bonds is 10. The summed E-state index contributed by atoms with van der Waals surface area (Å²) in [6.07, 6.45) is 4.73. The van der Waals surface area contributed by atoms with Crippen LogP contribution in [0.15, 0.2) is 42.0 Å². The molecular formula is C22H30NO6P. The summed E-state index contributed by atoms with van der Waals surface area (Å²) in [6, 6.07) is 7.00. The van der Waals surface area contributed by atoms with Gasteiger partial charge in [0.25, 0.3) is 0 Å². The summed E-state index contributed by atoms with van der Waals surface area (Å²) in [6.45, 7) is 7.24. The Hall–Kier alpha value is -2.34. The van der Waals surface area contributed by atoms with Gasteiger partial charge in [-0.3, -0.25) is 9.55 Å². The maximum Gasteiger partial charge on any atom is 0.358 e. The summed E-state index contributed by atoms with van der Waals surface area (Å²) in [5.41, 5.74) is 1.49. The average Bonchev–Trinajstić information content (AvgIpc) is 2.68. The molecule has 7 nitrogen and oxygen atoms in total. The van der Waals surface area contributed by atoms with Crippen molar-refractivity contribution in [2.75, 3.05) is 14.2 Å². The maximum atomic E-state index is 13.9. The van der Waals surface area contributed by atoms with Crippen LogP contribution in [0.1, 0.15) is 38.8 Å². The normalized spacial score (nSPS) is 12.5. The van der Waals surface area contributed by atoms with Gasteiger partial charge in [0.05, 0.1) is 26.4 Å². The van der Waals surface area contributed by atoms with Crippen molar-refractivity contribution in [1.82, 2.24) is 4.98 Å². The lowest BCUT2D eigenvalue weighted by atomic mass is 10.1. The number of allylic oxidation sites excluding steroid dienone is 1. The molecule has 1 N–H and O–H groups in total. The van der Waals surface area contributed by atoms with Crippen LogP contribution < -0.4 is 9.47 Å². The Morgan fingerprint density at radius 2 is 1.67 bits per heavy atom. The number of pyridine rings is 1. The fourth-order valence-corrected chi connectivity index (χ4v) is 4.97. The molecule has 1 aromatic heterocycles. The highest BCUT2D eigenvalue weighted by atomic mass is 31.2. The van der Waals surface area contributed by atoms with Crippen LogP contribution in [0.2, 0.25) is 0 Å². The first-order valence-electron chi connectivity index (χ1n) is 9.70. The van der Waals surface area contributed by atoms with Gasteiger partial charge in [-0.2, -0.15) is 0 Å². The third-order valence-corrected chi connectivity index (χ3v) is 6.38. The Labute approximate surface area is 178 Å². The number of hydrogen-bond acceptors (Lipinski definition) is 7. The second-order valence-electron chi connectivity index (χ2n) is 7.25. The number of aromatic hydroxyl groups is 1. The third kappa shape index (κ3) is 6.33. The minimum Gasteiger partial charge on any atom is -0.502 e. The van der Waals surface area contributed by atoms with E-state index in [1.165, 1.54) is 14.2 Å².